The fraction of sp³-hybridized carbons (Fsp3) is 0.188. The number of nitrogens with one attached hydrogen (secondary N) is 1. The fourth-order valence-corrected chi connectivity index (χ4v) is 2.41. The summed E-state index contributed by atoms with van der Waals surface area (Å²) in [5.74, 6) is -4.31. The first kappa shape index (κ1) is 15.3. The summed E-state index contributed by atoms with van der Waals surface area (Å²) >= 11 is 0. The summed E-state index contributed by atoms with van der Waals surface area (Å²) in [6.45, 7) is 0.0214. The van der Waals surface area contributed by atoms with E-state index in [9.17, 15) is 22.4 Å². The number of carbonyl (C=O) groups excluding carboxylic acids is 1. The summed E-state index contributed by atoms with van der Waals surface area (Å²) in [7, 11) is 0. The average Bonchev–Trinajstić information content (AvgIpc) is 2.91. The van der Waals surface area contributed by atoms with Crippen molar-refractivity contribution in [1.29, 1.82) is 0 Å². The normalized spacial score (nSPS) is 15.9. The molecule has 0 aliphatic carbocycles. The van der Waals surface area contributed by atoms with Crippen LogP contribution in [0, 0.1) is 23.3 Å². The molecule has 23 heavy (non-hydrogen) atoms. The number of rotatable bonds is 3. The summed E-state index contributed by atoms with van der Waals surface area (Å²) in [4.78, 5) is 11.9. The summed E-state index contributed by atoms with van der Waals surface area (Å²) in [5.41, 5.74) is 0.339. The Morgan fingerprint density at radius 2 is 1.87 bits per heavy atom. The van der Waals surface area contributed by atoms with Crippen LogP contribution < -0.4 is 10.1 Å². The van der Waals surface area contributed by atoms with Gasteiger partial charge < -0.3 is 10.1 Å². The molecule has 1 aliphatic heterocycles. The van der Waals surface area contributed by atoms with Gasteiger partial charge in [0.25, 0.3) is 5.91 Å². The number of benzene rings is 2. The Labute approximate surface area is 128 Å². The third kappa shape index (κ3) is 3.13. The molecule has 1 atom stereocenters. The van der Waals surface area contributed by atoms with Crippen LogP contribution in [0.25, 0.3) is 0 Å². The van der Waals surface area contributed by atoms with Crippen LogP contribution in [0.4, 0.5) is 17.6 Å². The van der Waals surface area contributed by atoms with Gasteiger partial charge in [0.1, 0.15) is 11.9 Å². The molecule has 7 heteroatoms. The molecule has 0 bridgehead atoms. The van der Waals surface area contributed by atoms with Crippen molar-refractivity contribution in [2.75, 3.05) is 6.54 Å². The second-order valence-electron chi connectivity index (χ2n) is 5.16. The van der Waals surface area contributed by atoms with Crippen LogP contribution in [-0.2, 0) is 6.42 Å². The minimum atomic E-state index is -1.13. The van der Waals surface area contributed by atoms with E-state index in [0.29, 0.717) is 5.56 Å². The molecule has 0 radical (unpaired) electrons. The van der Waals surface area contributed by atoms with Crippen LogP contribution in [0.15, 0.2) is 30.3 Å². The Balaban J connectivity index is 1.62. The van der Waals surface area contributed by atoms with Crippen molar-refractivity contribution in [2.24, 2.45) is 0 Å². The summed E-state index contributed by atoms with van der Waals surface area (Å²) in [6.07, 6.45) is -0.322. The van der Waals surface area contributed by atoms with Gasteiger partial charge >= 0.3 is 0 Å². The molecule has 1 unspecified atom stereocenters. The maximum Gasteiger partial charge on any atom is 0.251 e. The molecule has 0 spiro atoms. The highest BCUT2D eigenvalue weighted by atomic mass is 19.2. The molecular formula is C16H11F4NO2. The second kappa shape index (κ2) is 5.91. The van der Waals surface area contributed by atoms with Crippen LogP contribution in [0.1, 0.15) is 15.9 Å². The van der Waals surface area contributed by atoms with Crippen LogP contribution >= 0.6 is 0 Å². The van der Waals surface area contributed by atoms with Crippen LogP contribution in [0.5, 0.6) is 5.75 Å². The molecule has 1 aliphatic rings. The summed E-state index contributed by atoms with van der Waals surface area (Å²) < 4.78 is 57.9. The van der Waals surface area contributed by atoms with Crippen molar-refractivity contribution < 1.29 is 27.1 Å². The topological polar surface area (TPSA) is 38.3 Å². The summed E-state index contributed by atoms with van der Waals surface area (Å²) in [6, 6.07) is 4.68. The molecule has 120 valence electrons. The third-order valence-corrected chi connectivity index (χ3v) is 3.49. The van der Waals surface area contributed by atoms with E-state index in [-0.39, 0.29) is 24.3 Å². The largest absolute Gasteiger partial charge is 0.485 e. The quantitative estimate of drug-likeness (QED) is 0.881. The predicted molar refractivity (Wildman–Crippen MR) is 73.2 cm³/mol. The lowest BCUT2D eigenvalue weighted by Crippen LogP contribution is -2.34. The van der Waals surface area contributed by atoms with E-state index in [2.05, 4.69) is 5.32 Å². The minimum absolute atomic E-state index is 0.0214. The van der Waals surface area contributed by atoms with Crippen molar-refractivity contribution in [3.05, 3.63) is 64.7 Å². The molecular weight excluding hydrogens is 314 g/mol. The Hall–Kier alpha value is -2.57. The molecule has 1 heterocycles. The molecule has 2 aromatic rings. The van der Waals surface area contributed by atoms with Crippen molar-refractivity contribution in [3.63, 3.8) is 0 Å². The van der Waals surface area contributed by atoms with Gasteiger partial charge in [-0.1, -0.05) is 0 Å². The predicted octanol–water partition coefficient (Wildman–Crippen LogP) is 2.98. The number of fused-ring (bicyclic) bond motifs is 1. The third-order valence-electron chi connectivity index (χ3n) is 3.49. The first-order valence-electron chi connectivity index (χ1n) is 6.82. The van der Waals surface area contributed by atoms with E-state index in [0.717, 1.165) is 24.3 Å². The van der Waals surface area contributed by atoms with Crippen LogP contribution in [0.3, 0.4) is 0 Å². The monoisotopic (exact) mass is 325 g/mol. The van der Waals surface area contributed by atoms with Gasteiger partial charge in [0.15, 0.2) is 23.2 Å². The zero-order chi connectivity index (χ0) is 16.6. The zero-order valence-electron chi connectivity index (χ0n) is 11.7. The molecule has 1 N–H and O–H groups in total. The van der Waals surface area contributed by atoms with Gasteiger partial charge in [0.2, 0.25) is 0 Å². The molecule has 0 fully saturated rings. The highest BCUT2D eigenvalue weighted by Crippen LogP contribution is 2.32. The van der Waals surface area contributed by atoms with Gasteiger partial charge in [-0.05, 0) is 24.3 Å². The molecule has 0 saturated carbocycles. The Morgan fingerprint density at radius 3 is 2.61 bits per heavy atom. The Bertz CT molecular complexity index is 779. The van der Waals surface area contributed by atoms with E-state index in [4.69, 9.17) is 4.74 Å². The van der Waals surface area contributed by atoms with E-state index in [1.807, 2.05) is 0 Å². The smallest absolute Gasteiger partial charge is 0.251 e. The molecule has 0 aromatic heterocycles. The number of hydrogen-bond acceptors (Lipinski definition) is 2. The van der Waals surface area contributed by atoms with E-state index < -0.39 is 35.3 Å². The first-order valence-corrected chi connectivity index (χ1v) is 6.82. The van der Waals surface area contributed by atoms with Gasteiger partial charge in [0, 0.05) is 23.6 Å². The van der Waals surface area contributed by atoms with Crippen molar-refractivity contribution in [2.45, 2.75) is 12.5 Å². The number of carbonyl (C=O) groups is 1. The zero-order valence-corrected chi connectivity index (χ0v) is 11.7. The standard InChI is InChI=1S/C16H11F4NO2/c17-10-3-9-4-11(23-15(9)14(20)6-10)7-21-16(22)8-1-2-12(18)13(19)5-8/h1-3,5-6,11H,4,7H2,(H,21,22). The lowest BCUT2D eigenvalue weighted by molar-refractivity contribution is 0.0932. The molecule has 3 nitrogen and oxygen atoms in total. The first-order chi connectivity index (χ1) is 10.9. The molecule has 3 rings (SSSR count). The highest BCUT2D eigenvalue weighted by Gasteiger charge is 2.27. The van der Waals surface area contributed by atoms with E-state index in [1.165, 1.54) is 6.07 Å². The van der Waals surface area contributed by atoms with Gasteiger partial charge in [0.05, 0.1) is 6.54 Å². The van der Waals surface area contributed by atoms with Gasteiger partial charge in [-0.3, -0.25) is 4.79 Å². The lowest BCUT2D eigenvalue weighted by atomic mass is 10.1. The maximum atomic E-state index is 13.5. The van der Waals surface area contributed by atoms with Crippen molar-refractivity contribution >= 4 is 5.91 Å². The van der Waals surface area contributed by atoms with Crippen molar-refractivity contribution in [3.8, 4) is 5.75 Å². The lowest BCUT2D eigenvalue weighted by Gasteiger charge is -2.12. The molecule has 1 amide bonds. The maximum absolute atomic E-state index is 13.5. The minimum Gasteiger partial charge on any atom is -0.485 e. The number of ether oxygens (including phenoxy) is 1. The molecule has 0 saturated heterocycles. The number of halogens is 4. The molecule has 2 aromatic carbocycles. The van der Waals surface area contributed by atoms with Gasteiger partial charge in [-0.15, -0.1) is 0 Å². The van der Waals surface area contributed by atoms with Gasteiger partial charge in [-0.2, -0.15) is 0 Å². The highest BCUT2D eigenvalue weighted by molar-refractivity contribution is 5.94. The Kier molecular flexibility index (Phi) is 3.94. The van der Waals surface area contributed by atoms with Crippen LogP contribution in [0.2, 0.25) is 0 Å². The van der Waals surface area contributed by atoms with E-state index >= 15 is 0 Å². The number of hydrogen-bond donors (Lipinski definition) is 1. The fourth-order valence-electron chi connectivity index (χ4n) is 2.41. The van der Waals surface area contributed by atoms with Crippen molar-refractivity contribution in [1.82, 2.24) is 5.32 Å². The second-order valence-corrected chi connectivity index (χ2v) is 5.16. The SMILES string of the molecule is O=C(NCC1Cc2cc(F)cc(F)c2O1)c1ccc(F)c(F)c1. The van der Waals surface area contributed by atoms with Gasteiger partial charge in [-0.25, -0.2) is 17.6 Å². The Morgan fingerprint density at radius 1 is 1.09 bits per heavy atom. The van der Waals surface area contributed by atoms with Crippen LogP contribution in [-0.4, -0.2) is 18.6 Å². The number of amides is 1. The average molecular weight is 325 g/mol. The summed E-state index contributed by atoms with van der Waals surface area (Å²) in [5, 5.41) is 2.49. The van der Waals surface area contributed by atoms with E-state index in [1.54, 1.807) is 0 Å².